The highest BCUT2D eigenvalue weighted by Gasteiger charge is 2.35. The number of hydrogen-bond donors (Lipinski definition) is 2. The molecule has 1 aliphatic carbocycles. The first-order valence-electron chi connectivity index (χ1n) is 8.60. The van der Waals surface area contributed by atoms with Gasteiger partial charge in [-0.25, -0.2) is 13.8 Å². The molecule has 29 heavy (non-hydrogen) atoms. The van der Waals surface area contributed by atoms with Crippen molar-refractivity contribution in [3.05, 3.63) is 57.8 Å². The van der Waals surface area contributed by atoms with Crippen LogP contribution in [-0.2, 0) is 10.2 Å². The van der Waals surface area contributed by atoms with Gasteiger partial charge in [-0.05, 0) is 47.0 Å². The molecule has 0 bridgehead atoms. The Morgan fingerprint density at radius 1 is 1.34 bits per heavy atom. The minimum atomic E-state index is -4.03. The van der Waals surface area contributed by atoms with Crippen LogP contribution < -0.4 is 4.72 Å². The number of hydrogen-bond acceptors (Lipinski definition) is 4. The lowest BCUT2D eigenvalue weighted by Crippen LogP contribution is -2.34. The predicted octanol–water partition coefficient (Wildman–Crippen LogP) is 3.59. The Bertz CT molecular complexity index is 1240. The lowest BCUT2D eigenvalue weighted by Gasteiger charge is -2.18. The molecule has 0 spiro atoms. The maximum Gasteiger partial charge on any atom is 0.301 e. The van der Waals surface area contributed by atoms with Gasteiger partial charge in [0.15, 0.2) is 5.82 Å². The molecular weight excluding hydrogens is 470 g/mol. The molecule has 3 aromatic rings. The first-order valence-corrected chi connectivity index (χ1v) is 10.8. The lowest BCUT2D eigenvalue weighted by atomic mass is 10.0. The molecule has 0 radical (unpaired) electrons. The molecule has 0 saturated heterocycles. The Morgan fingerprint density at radius 2 is 2.07 bits per heavy atom. The molecule has 4 rings (SSSR count). The molecule has 1 saturated carbocycles. The van der Waals surface area contributed by atoms with E-state index in [2.05, 4.69) is 30.6 Å². The van der Waals surface area contributed by atoms with Gasteiger partial charge in [-0.1, -0.05) is 0 Å². The Morgan fingerprint density at radius 3 is 2.76 bits per heavy atom. The summed E-state index contributed by atoms with van der Waals surface area (Å²) in [6.45, 7) is 0. The number of ketones is 1. The smallest absolute Gasteiger partial charge is 0.301 e. The summed E-state index contributed by atoms with van der Waals surface area (Å²) in [4.78, 5) is 19.8. The van der Waals surface area contributed by atoms with E-state index in [0.717, 1.165) is 29.3 Å². The summed E-state index contributed by atoms with van der Waals surface area (Å²) in [5, 5.41) is 0.377. The van der Waals surface area contributed by atoms with Crippen LogP contribution in [0.2, 0.25) is 0 Å². The standard InChI is InChI=1S/C18H15BrF2N4O3S/c1-25(10-2-3-10)29(27,28)24-14-5-4-13(20)15(16(14)21)17(26)12-8-23-18-11(12)6-9(19)7-22-18/h4-8,10,24H,2-3H2,1H3,(H,22,23). The van der Waals surface area contributed by atoms with Gasteiger partial charge in [-0.3, -0.25) is 9.52 Å². The van der Waals surface area contributed by atoms with E-state index in [1.165, 1.54) is 19.4 Å². The van der Waals surface area contributed by atoms with Crippen LogP contribution in [0.25, 0.3) is 11.0 Å². The number of carbonyl (C=O) groups is 1. The minimum absolute atomic E-state index is 0.0155. The van der Waals surface area contributed by atoms with E-state index in [0.29, 0.717) is 15.5 Å². The second-order valence-corrected chi connectivity index (χ2v) is 9.37. The summed E-state index contributed by atoms with van der Waals surface area (Å²) in [5.74, 6) is -3.30. The number of halogens is 3. The second kappa shape index (κ2) is 7.15. The average Bonchev–Trinajstić information content (AvgIpc) is 3.43. The van der Waals surface area contributed by atoms with E-state index in [1.807, 2.05) is 0 Å². The predicted molar refractivity (Wildman–Crippen MR) is 107 cm³/mol. The second-order valence-electron chi connectivity index (χ2n) is 6.72. The van der Waals surface area contributed by atoms with Crippen LogP contribution in [0, 0.1) is 11.6 Å². The Labute approximate surface area is 173 Å². The van der Waals surface area contributed by atoms with Gasteiger partial charge in [-0.2, -0.15) is 12.7 Å². The zero-order chi connectivity index (χ0) is 20.9. The zero-order valence-corrected chi connectivity index (χ0v) is 17.4. The fraction of sp³-hybridized carbons (Fsp3) is 0.222. The molecule has 7 nitrogen and oxygen atoms in total. The number of aromatic nitrogens is 2. The Hall–Kier alpha value is -2.37. The van der Waals surface area contributed by atoms with Crippen molar-refractivity contribution >= 4 is 48.6 Å². The van der Waals surface area contributed by atoms with Crippen LogP contribution in [0.4, 0.5) is 14.5 Å². The maximum atomic E-state index is 15.0. The molecule has 2 heterocycles. The number of benzene rings is 1. The third-order valence-corrected chi connectivity index (χ3v) is 6.71. The minimum Gasteiger partial charge on any atom is -0.345 e. The summed E-state index contributed by atoms with van der Waals surface area (Å²) in [6, 6.07) is 3.26. The van der Waals surface area contributed by atoms with E-state index in [9.17, 15) is 17.6 Å². The highest BCUT2D eigenvalue weighted by molar-refractivity contribution is 9.10. The fourth-order valence-corrected chi connectivity index (χ4v) is 4.50. The van der Waals surface area contributed by atoms with Crippen LogP contribution in [0.15, 0.2) is 35.1 Å². The summed E-state index contributed by atoms with van der Waals surface area (Å²) in [5.41, 5.74) is -0.955. The van der Waals surface area contributed by atoms with Crippen LogP contribution in [0.5, 0.6) is 0 Å². The van der Waals surface area contributed by atoms with Gasteiger partial charge in [0.1, 0.15) is 11.5 Å². The molecular formula is C18H15BrF2N4O3S. The summed E-state index contributed by atoms with van der Waals surface area (Å²) < 4.78 is 58.0. The molecule has 152 valence electrons. The van der Waals surface area contributed by atoms with E-state index < -0.39 is 38.9 Å². The Balaban J connectivity index is 1.75. The number of H-pyrrole nitrogens is 1. The number of pyridine rings is 1. The van der Waals surface area contributed by atoms with Gasteiger partial charge < -0.3 is 4.98 Å². The van der Waals surface area contributed by atoms with Gasteiger partial charge in [0.25, 0.3) is 0 Å². The highest BCUT2D eigenvalue weighted by atomic mass is 79.9. The maximum absolute atomic E-state index is 15.0. The zero-order valence-electron chi connectivity index (χ0n) is 15.0. The summed E-state index contributed by atoms with van der Waals surface area (Å²) in [6.07, 6.45) is 4.26. The topological polar surface area (TPSA) is 95.2 Å². The molecule has 11 heteroatoms. The number of nitrogens with one attached hydrogen (secondary N) is 2. The van der Waals surface area contributed by atoms with Crippen molar-refractivity contribution < 1.29 is 22.0 Å². The van der Waals surface area contributed by atoms with Gasteiger partial charge in [0.05, 0.1) is 11.3 Å². The summed E-state index contributed by atoms with van der Waals surface area (Å²) in [7, 11) is -2.66. The lowest BCUT2D eigenvalue weighted by molar-refractivity contribution is 0.103. The van der Waals surface area contributed by atoms with Gasteiger partial charge >= 0.3 is 10.2 Å². The monoisotopic (exact) mass is 484 g/mol. The number of nitrogens with zero attached hydrogens (tertiary/aromatic N) is 2. The normalized spacial score (nSPS) is 14.5. The molecule has 1 aromatic carbocycles. The largest absolute Gasteiger partial charge is 0.345 e. The molecule has 0 atom stereocenters. The molecule has 1 aliphatic rings. The molecule has 2 N–H and O–H groups in total. The van der Waals surface area contributed by atoms with Crippen LogP contribution in [-0.4, -0.2) is 41.6 Å². The van der Waals surface area contributed by atoms with Crippen molar-refractivity contribution in [1.82, 2.24) is 14.3 Å². The molecule has 0 unspecified atom stereocenters. The van der Waals surface area contributed by atoms with Crippen molar-refractivity contribution in [2.75, 3.05) is 11.8 Å². The van der Waals surface area contributed by atoms with Crippen molar-refractivity contribution in [1.29, 1.82) is 0 Å². The first-order chi connectivity index (χ1) is 13.7. The van der Waals surface area contributed by atoms with E-state index >= 15 is 4.39 Å². The molecule has 2 aromatic heterocycles. The number of anilines is 1. The van der Waals surface area contributed by atoms with Crippen molar-refractivity contribution in [2.45, 2.75) is 18.9 Å². The van der Waals surface area contributed by atoms with Gasteiger partial charge in [0.2, 0.25) is 5.78 Å². The quantitative estimate of drug-likeness (QED) is 0.522. The van der Waals surface area contributed by atoms with E-state index in [4.69, 9.17) is 0 Å². The van der Waals surface area contributed by atoms with Crippen LogP contribution in [0.1, 0.15) is 28.8 Å². The first kappa shape index (κ1) is 19.9. The van der Waals surface area contributed by atoms with E-state index in [1.54, 1.807) is 6.07 Å². The van der Waals surface area contributed by atoms with Crippen LogP contribution in [0.3, 0.4) is 0 Å². The molecule has 0 amide bonds. The van der Waals surface area contributed by atoms with Crippen LogP contribution >= 0.6 is 15.9 Å². The van der Waals surface area contributed by atoms with Crippen molar-refractivity contribution in [2.24, 2.45) is 0 Å². The van der Waals surface area contributed by atoms with E-state index in [-0.39, 0.29) is 11.6 Å². The van der Waals surface area contributed by atoms with Crippen molar-refractivity contribution in [3.8, 4) is 0 Å². The molecule has 1 fully saturated rings. The third kappa shape index (κ3) is 3.65. The van der Waals surface area contributed by atoms with Crippen molar-refractivity contribution in [3.63, 3.8) is 0 Å². The number of rotatable bonds is 6. The SMILES string of the molecule is CN(C1CC1)S(=O)(=O)Nc1ccc(F)c(C(=O)c2c[nH]c3ncc(Br)cc23)c1F. The highest BCUT2D eigenvalue weighted by Crippen LogP contribution is 2.31. The number of fused-ring (bicyclic) bond motifs is 1. The average molecular weight is 485 g/mol. The fourth-order valence-electron chi connectivity index (χ4n) is 2.99. The van der Waals surface area contributed by atoms with Gasteiger partial charge in [0, 0.05) is 40.9 Å². The third-order valence-electron chi connectivity index (χ3n) is 4.74. The number of aromatic amines is 1. The summed E-state index contributed by atoms with van der Waals surface area (Å²) >= 11 is 3.24. The Kier molecular flexibility index (Phi) is 4.91. The molecule has 0 aliphatic heterocycles. The van der Waals surface area contributed by atoms with Gasteiger partial charge in [-0.15, -0.1) is 0 Å². The number of carbonyl (C=O) groups excluding carboxylic acids is 1.